The van der Waals surface area contributed by atoms with Crippen LogP contribution in [0.4, 0.5) is 8.78 Å². The molecule has 4 heteroatoms. The van der Waals surface area contributed by atoms with Crippen molar-refractivity contribution in [3.63, 3.8) is 0 Å². The zero-order valence-corrected chi connectivity index (χ0v) is 6.68. The third-order valence-electron chi connectivity index (χ3n) is 1.65. The van der Waals surface area contributed by atoms with Crippen molar-refractivity contribution in [2.75, 3.05) is 6.54 Å². The summed E-state index contributed by atoms with van der Waals surface area (Å²) in [7, 11) is 0. The lowest BCUT2D eigenvalue weighted by Crippen LogP contribution is -2.43. The molecule has 1 heterocycles. The molecule has 0 aromatic carbocycles. The molecule has 62 valence electrons. The van der Waals surface area contributed by atoms with E-state index in [-0.39, 0.29) is 31.4 Å². The molecular formula is C6H12ClF2N. The molecule has 10 heavy (non-hydrogen) atoms. The summed E-state index contributed by atoms with van der Waals surface area (Å²) in [6.07, 6.45) is 0.633. The summed E-state index contributed by atoms with van der Waals surface area (Å²) in [6.45, 7) is 1.78. The number of rotatable bonds is 0. The Kier molecular flexibility index (Phi) is 3.52. The minimum Gasteiger partial charge on any atom is -0.309 e. The highest BCUT2D eigenvalue weighted by Gasteiger charge is 2.32. The molecule has 0 aromatic rings. The summed E-state index contributed by atoms with van der Waals surface area (Å²) >= 11 is 0. The van der Waals surface area contributed by atoms with E-state index in [1.165, 1.54) is 0 Å². The molecule has 0 radical (unpaired) electrons. The molecule has 0 saturated carbocycles. The summed E-state index contributed by atoms with van der Waals surface area (Å²) in [5.41, 5.74) is 0. The van der Waals surface area contributed by atoms with Gasteiger partial charge in [0.1, 0.15) is 0 Å². The fraction of sp³-hybridized carbons (Fsp3) is 1.00. The average Bonchev–Trinajstić information content (AvgIpc) is 1.78. The second-order valence-electron chi connectivity index (χ2n) is 2.68. The highest BCUT2D eigenvalue weighted by molar-refractivity contribution is 5.85. The Hall–Kier alpha value is 0.110. The third kappa shape index (κ3) is 2.80. The summed E-state index contributed by atoms with van der Waals surface area (Å²) in [6, 6.07) is 0.268. The van der Waals surface area contributed by atoms with Gasteiger partial charge in [-0.2, -0.15) is 0 Å². The Morgan fingerprint density at radius 2 is 2.10 bits per heavy atom. The average molecular weight is 172 g/mol. The molecule has 0 aromatic heterocycles. The van der Waals surface area contributed by atoms with Gasteiger partial charge in [-0.15, -0.1) is 12.4 Å². The van der Waals surface area contributed by atoms with Crippen molar-refractivity contribution in [1.29, 1.82) is 0 Å². The zero-order chi connectivity index (χ0) is 6.91. The minimum absolute atomic E-state index is 0. The van der Waals surface area contributed by atoms with Gasteiger partial charge in [0.15, 0.2) is 0 Å². The monoisotopic (exact) mass is 171 g/mol. The predicted octanol–water partition coefficient (Wildman–Crippen LogP) is 1.82. The summed E-state index contributed by atoms with van der Waals surface area (Å²) in [4.78, 5) is 0. The highest BCUT2D eigenvalue weighted by Crippen LogP contribution is 2.23. The fourth-order valence-corrected chi connectivity index (χ4v) is 0.942. The van der Waals surface area contributed by atoms with E-state index in [4.69, 9.17) is 0 Å². The van der Waals surface area contributed by atoms with Gasteiger partial charge < -0.3 is 5.32 Å². The largest absolute Gasteiger partial charge is 0.309 e. The smallest absolute Gasteiger partial charge is 0.260 e. The van der Waals surface area contributed by atoms with Crippen molar-refractivity contribution in [1.82, 2.24) is 5.32 Å². The predicted molar refractivity (Wildman–Crippen MR) is 38.9 cm³/mol. The van der Waals surface area contributed by atoms with Crippen LogP contribution in [-0.2, 0) is 0 Å². The summed E-state index contributed by atoms with van der Waals surface area (Å²) in [5, 5.41) is 2.72. The zero-order valence-electron chi connectivity index (χ0n) is 5.86. The lowest BCUT2D eigenvalue weighted by molar-refractivity contribution is -0.0285. The van der Waals surface area contributed by atoms with Crippen LogP contribution in [0.5, 0.6) is 0 Å². The number of piperidine rings is 1. The van der Waals surface area contributed by atoms with Crippen molar-refractivity contribution < 1.29 is 8.78 Å². The van der Waals surface area contributed by atoms with Gasteiger partial charge >= 0.3 is 0 Å². The fourth-order valence-electron chi connectivity index (χ4n) is 0.942. The van der Waals surface area contributed by atoms with Crippen LogP contribution in [0.3, 0.4) is 0 Å². The van der Waals surface area contributed by atoms with Crippen LogP contribution in [0.2, 0.25) is 0 Å². The minimum atomic E-state index is -2.45. The second-order valence-corrected chi connectivity index (χ2v) is 2.68. The first-order chi connectivity index (χ1) is 4.10. The van der Waals surface area contributed by atoms with Crippen LogP contribution >= 0.6 is 12.4 Å². The molecule has 1 aliphatic rings. The van der Waals surface area contributed by atoms with Crippen molar-refractivity contribution in [2.24, 2.45) is 0 Å². The molecule has 1 atom stereocenters. The Morgan fingerprint density at radius 3 is 2.40 bits per heavy atom. The van der Waals surface area contributed by atoms with E-state index in [0.29, 0.717) is 6.42 Å². The van der Waals surface area contributed by atoms with Crippen LogP contribution in [0, 0.1) is 0 Å². The van der Waals surface area contributed by atoms with E-state index >= 15 is 0 Å². The van der Waals surface area contributed by atoms with Gasteiger partial charge in [-0.1, -0.05) is 0 Å². The van der Waals surface area contributed by atoms with Crippen LogP contribution < -0.4 is 5.32 Å². The molecule has 0 spiro atoms. The number of hydrogen-bond donors (Lipinski definition) is 1. The lowest BCUT2D eigenvalue weighted by atomic mass is 10.0. The Bertz CT molecular complexity index is 97.9. The number of alkyl halides is 2. The molecule has 0 amide bonds. The van der Waals surface area contributed by atoms with Gasteiger partial charge in [0, 0.05) is 12.5 Å². The second kappa shape index (κ2) is 3.49. The van der Waals surface area contributed by atoms with Crippen molar-refractivity contribution >= 4 is 12.4 Å². The molecule has 1 N–H and O–H groups in total. The topological polar surface area (TPSA) is 12.0 Å². The van der Waals surface area contributed by atoms with E-state index in [9.17, 15) is 8.78 Å². The normalized spacial score (nSPS) is 30.9. The Labute approximate surface area is 65.6 Å². The standard InChI is InChI=1S/C6H11F2N.ClH/c1-5-2-3-6(7,8)4-9-5;/h5,9H,2-4H2,1H3;1H. The molecule has 1 unspecified atom stereocenters. The molecular weight excluding hydrogens is 160 g/mol. The molecule has 1 fully saturated rings. The van der Waals surface area contributed by atoms with Gasteiger partial charge in [-0.25, -0.2) is 8.78 Å². The summed E-state index contributed by atoms with van der Waals surface area (Å²) in [5.74, 6) is -2.45. The number of halogens is 3. The molecule has 1 saturated heterocycles. The van der Waals surface area contributed by atoms with Gasteiger partial charge in [-0.05, 0) is 13.3 Å². The number of nitrogens with one attached hydrogen (secondary N) is 1. The maximum absolute atomic E-state index is 12.3. The van der Waals surface area contributed by atoms with E-state index in [1.54, 1.807) is 0 Å². The molecule has 1 aliphatic heterocycles. The third-order valence-corrected chi connectivity index (χ3v) is 1.65. The van der Waals surface area contributed by atoms with Crippen molar-refractivity contribution in [3.05, 3.63) is 0 Å². The Balaban J connectivity index is 0.000000810. The SMILES string of the molecule is CC1CCC(F)(F)CN1.Cl. The van der Waals surface area contributed by atoms with Gasteiger partial charge in [0.25, 0.3) is 5.92 Å². The van der Waals surface area contributed by atoms with Crippen molar-refractivity contribution in [2.45, 2.75) is 31.7 Å². The molecule has 0 aliphatic carbocycles. The van der Waals surface area contributed by atoms with E-state index < -0.39 is 5.92 Å². The van der Waals surface area contributed by atoms with Crippen LogP contribution in [0.25, 0.3) is 0 Å². The molecule has 1 nitrogen and oxygen atoms in total. The van der Waals surface area contributed by atoms with Crippen molar-refractivity contribution in [3.8, 4) is 0 Å². The summed E-state index contributed by atoms with van der Waals surface area (Å²) < 4.78 is 24.6. The molecule has 0 bridgehead atoms. The molecule has 1 rings (SSSR count). The lowest BCUT2D eigenvalue weighted by Gasteiger charge is -2.26. The maximum atomic E-state index is 12.3. The maximum Gasteiger partial charge on any atom is 0.260 e. The first-order valence-electron chi connectivity index (χ1n) is 3.21. The Morgan fingerprint density at radius 1 is 1.50 bits per heavy atom. The van der Waals surface area contributed by atoms with Gasteiger partial charge in [-0.3, -0.25) is 0 Å². The quantitative estimate of drug-likeness (QED) is 0.586. The van der Waals surface area contributed by atoms with E-state index in [1.807, 2.05) is 6.92 Å². The number of hydrogen-bond acceptors (Lipinski definition) is 1. The first-order valence-corrected chi connectivity index (χ1v) is 3.21. The van der Waals surface area contributed by atoms with E-state index in [0.717, 1.165) is 0 Å². The van der Waals surface area contributed by atoms with Crippen LogP contribution in [0.15, 0.2) is 0 Å². The van der Waals surface area contributed by atoms with Crippen LogP contribution in [-0.4, -0.2) is 18.5 Å². The van der Waals surface area contributed by atoms with Gasteiger partial charge in [0.2, 0.25) is 0 Å². The highest BCUT2D eigenvalue weighted by atomic mass is 35.5. The van der Waals surface area contributed by atoms with Gasteiger partial charge in [0.05, 0.1) is 6.54 Å². The first kappa shape index (κ1) is 10.1. The van der Waals surface area contributed by atoms with Crippen LogP contribution in [0.1, 0.15) is 19.8 Å². The van der Waals surface area contributed by atoms with E-state index in [2.05, 4.69) is 5.32 Å².